The van der Waals surface area contributed by atoms with E-state index in [4.69, 9.17) is 4.42 Å². The summed E-state index contributed by atoms with van der Waals surface area (Å²) in [5.74, 6) is -1.88. The lowest BCUT2D eigenvalue weighted by Gasteiger charge is -2.12. The molecule has 2 aromatic heterocycles. The first-order chi connectivity index (χ1) is 16.0. The molecule has 33 heavy (non-hydrogen) atoms. The van der Waals surface area contributed by atoms with Crippen molar-refractivity contribution in [1.82, 2.24) is 4.57 Å². The van der Waals surface area contributed by atoms with E-state index in [2.05, 4.69) is 12.2 Å². The van der Waals surface area contributed by atoms with Gasteiger partial charge in [0, 0.05) is 24.1 Å². The molecule has 0 fully saturated rings. The fourth-order valence-corrected chi connectivity index (χ4v) is 4.91. The van der Waals surface area contributed by atoms with Crippen molar-refractivity contribution in [3.63, 3.8) is 0 Å². The number of rotatable bonds is 4. The molecule has 162 valence electrons. The zero-order chi connectivity index (χ0) is 22.7. The first-order valence-corrected chi connectivity index (χ1v) is 10.7. The first-order valence-electron chi connectivity index (χ1n) is 10.7. The first kappa shape index (κ1) is 19.5. The van der Waals surface area contributed by atoms with E-state index in [-0.39, 0.29) is 41.0 Å². The molecule has 0 atom stereocenters. The van der Waals surface area contributed by atoms with Gasteiger partial charge in [0.15, 0.2) is 5.78 Å². The number of hydrogen-bond donors (Lipinski definition) is 1. The van der Waals surface area contributed by atoms with Crippen LogP contribution in [0.1, 0.15) is 39.2 Å². The fraction of sp³-hybridized carbons (Fsp3) is 0.111. The van der Waals surface area contributed by atoms with Gasteiger partial charge in [-0.05, 0) is 35.2 Å². The summed E-state index contributed by atoms with van der Waals surface area (Å²) in [5.41, 5.74) is 4.33. The minimum atomic E-state index is -1.19. The molecule has 0 saturated carbocycles. The number of allylic oxidation sites excluding steroid dienone is 5. The maximum absolute atomic E-state index is 15.0. The average Bonchev–Trinajstić information content (AvgIpc) is 3.52. The van der Waals surface area contributed by atoms with Gasteiger partial charge in [-0.1, -0.05) is 48.6 Å². The van der Waals surface area contributed by atoms with Crippen LogP contribution in [0.3, 0.4) is 0 Å². The number of hydrogen-bond acceptors (Lipinski definition) is 3. The van der Waals surface area contributed by atoms with Gasteiger partial charge in [-0.2, -0.15) is 0 Å². The number of carboxylic acid groups (broad SMARTS) is 1. The van der Waals surface area contributed by atoms with E-state index < -0.39 is 11.8 Å². The second kappa shape index (κ2) is 7.17. The van der Waals surface area contributed by atoms with Gasteiger partial charge in [0.1, 0.15) is 17.1 Å². The van der Waals surface area contributed by atoms with Gasteiger partial charge < -0.3 is 14.1 Å². The third kappa shape index (κ3) is 2.91. The zero-order valence-corrected chi connectivity index (χ0v) is 17.5. The van der Waals surface area contributed by atoms with Gasteiger partial charge in [-0.3, -0.25) is 4.79 Å². The molecule has 2 aliphatic rings. The Morgan fingerprint density at radius 3 is 2.85 bits per heavy atom. The second-order valence-electron chi connectivity index (χ2n) is 8.31. The van der Waals surface area contributed by atoms with E-state index in [0.29, 0.717) is 16.5 Å². The molecule has 0 spiro atoms. The van der Waals surface area contributed by atoms with Gasteiger partial charge >= 0.3 is 5.97 Å². The van der Waals surface area contributed by atoms with Crippen LogP contribution in [-0.2, 0) is 17.8 Å². The third-order valence-corrected chi connectivity index (χ3v) is 6.37. The van der Waals surface area contributed by atoms with Gasteiger partial charge in [0.2, 0.25) is 0 Å². The van der Waals surface area contributed by atoms with Gasteiger partial charge in [-0.25, -0.2) is 9.18 Å². The number of fused-ring (bicyclic) bond motifs is 4. The topological polar surface area (TPSA) is 72.4 Å². The van der Waals surface area contributed by atoms with E-state index in [1.807, 2.05) is 18.2 Å². The summed E-state index contributed by atoms with van der Waals surface area (Å²) in [6.45, 7) is 0.217. The molecule has 1 N–H and O–H groups in total. The van der Waals surface area contributed by atoms with Gasteiger partial charge in [0.25, 0.3) is 0 Å². The summed E-state index contributed by atoms with van der Waals surface area (Å²) in [5, 5.41) is 11.0. The predicted octanol–water partition coefficient (Wildman–Crippen LogP) is 5.75. The van der Waals surface area contributed by atoms with Gasteiger partial charge in [-0.15, -0.1) is 0 Å². The van der Waals surface area contributed by atoms with Crippen molar-refractivity contribution in [1.29, 1.82) is 0 Å². The Labute approximate surface area is 187 Å². The molecule has 0 bridgehead atoms. The summed E-state index contributed by atoms with van der Waals surface area (Å²) in [7, 11) is 0. The quantitative estimate of drug-likeness (QED) is 0.439. The van der Waals surface area contributed by atoms with E-state index in [1.54, 1.807) is 22.8 Å². The van der Waals surface area contributed by atoms with Crippen LogP contribution >= 0.6 is 0 Å². The van der Waals surface area contributed by atoms with E-state index in [1.165, 1.54) is 18.4 Å². The van der Waals surface area contributed by atoms with Crippen LogP contribution in [0.5, 0.6) is 0 Å². The number of carboxylic acids is 1. The number of halogens is 1. The summed E-state index contributed by atoms with van der Waals surface area (Å²) in [4.78, 5) is 25.4. The normalized spacial score (nSPS) is 14.9. The number of aromatic carboxylic acids is 1. The number of aromatic nitrogens is 1. The molecular formula is C27H18FNO4. The van der Waals surface area contributed by atoms with Crippen molar-refractivity contribution in [3.05, 3.63) is 94.7 Å². The molecule has 2 aromatic carbocycles. The van der Waals surface area contributed by atoms with Crippen LogP contribution in [0, 0.1) is 5.82 Å². The monoisotopic (exact) mass is 439 g/mol. The second-order valence-corrected chi connectivity index (χ2v) is 8.31. The zero-order valence-electron chi connectivity index (χ0n) is 17.5. The van der Waals surface area contributed by atoms with E-state index in [0.717, 1.165) is 23.1 Å². The molecular weight excluding hydrogens is 421 g/mol. The Hall–Kier alpha value is -4.19. The number of carbonyl (C=O) groups is 2. The molecule has 2 aliphatic carbocycles. The van der Waals surface area contributed by atoms with Crippen LogP contribution in [0.2, 0.25) is 0 Å². The van der Waals surface area contributed by atoms with Crippen LogP contribution in [-0.4, -0.2) is 21.4 Å². The molecule has 2 heterocycles. The average molecular weight is 439 g/mol. The van der Waals surface area contributed by atoms with E-state index >= 15 is 0 Å². The molecule has 6 rings (SSSR count). The van der Waals surface area contributed by atoms with Crippen LogP contribution < -0.4 is 0 Å². The lowest BCUT2D eigenvalue weighted by Crippen LogP contribution is -2.13. The summed E-state index contributed by atoms with van der Waals surface area (Å²) in [6.07, 6.45) is 11.6. The highest BCUT2D eigenvalue weighted by Gasteiger charge is 2.31. The standard InChI is InChI=1S/C27H18FNO4/c28-20-13-21-24(26-18(20)10-11-33-26)23(19-6-1-2-7-22(19)30)25(27(31)32)29(21)14-15-8-9-16-4-3-5-17(16)12-15/h1-4,6,8-13H,5,7,14H2,(H,31,32). The predicted molar refractivity (Wildman–Crippen MR) is 124 cm³/mol. The number of nitrogens with zero attached hydrogens (tertiary/aromatic N) is 1. The lowest BCUT2D eigenvalue weighted by molar-refractivity contribution is -0.113. The SMILES string of the molecule is O=C1CC=CC=C1c1c(C(=O)O)n(Cc2ccc3c(c2)CC=C3)c2cc(F)c3ccoc3c12. The van der Waals surface area contributed by atoms with E-state index in [9.17, 15) is 19.1 Å². The van der Waals surface area contributed by atoms with Crippen molar-refractivity contribution in [2.75, 3.05) is 0 Å². The molecule has 0 unspecified atom stereocenters. The summed E-state index contributed by atoms with van der Waals surface area (Å²) in [6, 6.07) is 8.84. The fourth-order valence-electron chi connectivity index (χ4n) is 4.91. The number of carbonyl (C=O) groups excluding carboxylic acids is 1. The van der Waals surface area contributed by atoms with Gasteiger partial charge in [0.05, 0.1) is 22.6 Å². The van der Waals surface area contributed by atoms with Crippen LogP contribution in [0.4, 0.5) is 4.39 Å². The molecule has 0 amide bonds. The molecule has 0 aliphatic heterocycles. The highest BCUT2D eigenvalue weighted by molar-refractivity contribution is 6.29. The summed E-state index contributed by atoms with van der Waals surface area (Å²) < 4.78 is 22.2. The molecule has 0 saturated heterocycles. The number of benzene rings is 2. The molecule has 0 radical (unpaired) electrons. The minimum absolute atomic E-state index is 0.0539. The minimum Gasteiger partial charge on any atom is -0.477 e. The van der Waals surface area contributed by atoms with Crippen molar-refractivity contribution < 1.29 is 23.5 Å². The van der Waals surface area contributed by atoms with Crippen molar-refractivity contribution in [2.45, 2.75) is 19.4 Å². The Kier molecular flexibility index (Phi) is 4.23. The number of furan rings is 1. The number of Topliss-reactive ketones (excluding diaryl/α,β-unsaturated/α-hetero) is 1. The molecule has 4 aromatic rings. The molecule has 5 nitrogen and oxygen atoms in total. The van der Waals surface area contributed by atoms with Crippen LogP contribution in [0.25, 0.3) is 33.5 Å². The Bertz CT molecular complexity index is 1600. The third-order valence-electron chi connectivity index (χ3n) is 6.37. The Morgan fingerprint density at radius 2 is 2.03 bits per heavy atom. The maximum Gasteiger partial charge on any atom is 0.353 e. The smallest absolute Gasteiger partial charge is 0.353 e. The Balaban J connectivity index is 1.68. The summed E-state index contributed by atoms with van der Waals surface area (Å²) >= 11 is 0. The number of ketones is 1. The Morgan fingerprint density at radius 1 is 1.15 bits per heavy atom. The van der Waals surface area contributed by atoms with Crippen LogP contribution in [0.15, 0.2) is 65.3 Å². The highest BCUT2D eigenvalue weighted by Crippen LogP contribution is 2.40. The van der Waals surface area contributed by atoms with Crippen molar-refractivity contribution in [2.24, 2.45) is 0 Å². The highest BCUT2D eigenvalue weighted by atomic mass is 19.1. The van der Waals surface area contributed by atoms with Crippen molar-refractivity contribution >= 4 is 45.3 Å². The largest absolute Gasteiger partial charge is 0.477 e. The maximum atomic E-state index is 15.0. The van der Waals surface area contributed by atoms with Crippen molar-refractivity contribution in [3.8, 4) is 0 Å². The lowest BCUT2D eigenvalue weighted by atomic mass is 9.93. The molecule has 6 heteroatoms.